The van der Waals surface area contributed by atoms with E-state index in [1.807, 2.05) is 6.07 Å². The molecule has 0 fully saturated rings. The lowest BCUT2D eigenvalue weighted by atomic mass is 9.90. The minimum absolute atomic E-state index is 0.823. The van der Waals surface area contributed by atoms with Crippen molar-refractivity contribution < 1.29 is 8.83 Å². The maximum atomic E-state index is 6.59. The average molecular weight is 631 g/mol. The van der Waals surface area contributed by atoms with Crippen LogP contribution < -0.4 is 0 Å². The Labute approximate surface area is 285 Å². The molecule has 0 atom stereocenters. The molecular weight excluding hydrogens is 597 g/mol. The zero-order chi connectivity index (χ0) is 33.1. The molecule has 2 heteroatoms. The molecule has 9 rings (SSSR count). The van der Waals surface area contributed by atoms with Crippen LogP contribution >= 0.6 is 0 Å². The van der Waals surface area contributed by atoms with Crippen LogP contribution in [0.1, 0.15) is 29.2 Å². The van der Waals surface area contributed by atoms with Gasteiger partial charge in [-0.2, -0.15) is 0 Å². The molecule has 0 saturated carbocycles. The molecule has 7 aromatic carbocycles. The Balaban J connectivity index is 1.24. The second kappa shape index (κ2) is 11.5. The molecule has 0 unspecified atom stereocenters. The van der Waals surface area contributed by atoms with Crippen LogP contribution in [0.4, 0.5) is 0 Å². The normalized spacial score (nSPS) is 12.1. The first-order chi connectivity index (χ1) is 24.0. The van der Waals surface area contributed by atoms with Crippen molar-refractivity contribution in [2.75, 3.05) is 0 Å². The molecule has 0 amide bonds. The van der Waals surface area contributed by atoms with Gasteiger partial charge in [0.2, 0.25) is 0 Å². The van der Waals surface area contributed by atoms with Crippen molar-refractivity contribution in [2.45, 2.75) is 20.8 Å². The lowest BCUT2D eigenvalue weighted by Gasteiger charge is -2.14. The van der Waals surface area contributed by atoms with Gasteiger partial charge in [0, 0.05) is 27.6 Å². The molecule has 0 aliphatic rings. The molecule has 0 spiro atoms. The fraction of sp³-hybridized carbons (Fsp3) is 0.0638. The summed E-state index contributed by atoms with van der Waals surface area (Å²) in [4.78, 5) is 0. The number of furan rings is 2. The van der Waals surface area contributed by atoms with Gasteiger partial charge in [-0.1, -0.05) is 115 Å². The van der Waals surface area contributed by atoms with Gasteiger partial charge in [-0.15, -0.1) is 0 Å². The van der Waals surface area contributed by atoms with Crippen molar-refractivity contribution in [3.8, 4) is 33.4 Å². The SMILES string of the molecule is CC(=Cc1cc2c(cc1-c1ccccc1)oc1cc3oc4cc(-c5ccccc5)c(C)cc4c3cc12)c1ccccc1-c1ccccc1C. The summed E-state index contributed by atoms with van der Waals surface area (Å²) in [5.41, 5.74) is 16.6. The maximum Gasteiger partial charge on any atom is 0.139 e. The van der Waals surface area contributed by atoms with Gasteiger partial charge in [0.1, 0.15) is 22.3 Å². The number of allylic oxidation sites excluding steroid dienone is 1. The number of fused-ring (bicyclic) bond motifs is 6. The van der Waals surface area contributed by atoms with E-state index >= 15 is 0 Å². The molecule has 2 nitrogen and oxygen atoms in total. The minimum atomic E-state index is 0.823. The predicted octanol–water partition coefficient (Wildman–Crippen LogP) is 13.7. The Kier molecular flexibility index (Phi) is 6.84. The minimum Gasteiger partial charge on any atom is -0.456 e. The molecule has 0 aliphatic heterocycles. The first kappa shape index (κ1) is 29.1. The van der Waals surface area contributed by atoms with Crippen molar-refractivity contribution in [1.29, 1.82) is 0 Å². The smallest absolute Gasteiger partial charge is 0.139 e. The molecule has 234 valence electrons. The van der Waals surface area contributed by atoms with E-state index in [0.717, 1.165) is 60.6 Å². The highest BCUT2D eigenvalue weighted by molar-refractivity contribution is 6.16. The van der Waals surface area contributed by atoms with E-state index in [2.05, 4.69) is 166 Å². The Morgan fingerprint density at radius 2 is 0.939 bits per heavy atom. The quantitative estimate of drug-likeness (QED) is 0.177. The Morgan fingerprint density at radius 1 is 0.429 bits per heavy atom. The molecule has 0 bridgehead atoms. The molecule has 0 aliphatic carbocycles. The second-order valence-corrected chi connectivity index (χ2v) is 13.1. The van der Waals surface area contributed by atoms with Crippen molar-refractivity contribution in [2.24, 2.45) is 0 Å². The summed E-state index contributed by atoms with van der Waals surface area (Å²) in [5, 5.41) is 4.39. The van der Waals surface area contributed by atoms with Gasteiger partial charge >= 0.3 is 0 Å². The van der Waals surface area contributed by atoms with Crippen LogP contribution in [-0.4, -0.2) is 0 Å². The molecule has 0 N–H and O–H groups in total. The van der Waals surface area contributed by atoms with Gasteiger partial charge in [0.05, 0.1) is 0 Å². The zero-order valence-corrected chi connectivity index (χ0v) is 27.8. The van der Waals surface area contributed by atoms with E-state index in [0.29, 0.717) is 0 Å². The van der Waals surface area contributed by atoms with E-state index in [1.165, 1.54) is 44.5 Å². The van der Waals surface area contributed by atoms with E-state index in [-0.39, 0.29) is 0 Å². The van der Waals surface area contributed by atoms with E-state index < -0.39 is 0 Å². The van der Waals surface area contributed by atoms with Crippen LogP contribution in [0.3, 0.4) is 0 Å². The molecule has 0 radical (unpaired) electrons. The number of aryl methyl sites for hydroxylation is 2. The third-order valence-electron chi connectivity index (χ3n) is 9.91. The number of hydrogen-bond acceptors (Lipinski definition) is 2. The number of rotatable bonds is 5. The zero-order valence-electron chi connectivity index (χ0n) is 27.8. The summed E-state index contributed by atoms with van der Waals surface area (Å²) in [7, 11) is 0. The highest BCUT2D eigenvalue weighted by atomic mass is 16.3. The maximum absolute atomic E-state index is 6.59. The summed E-state index contributed by atoms with van der Waals surface area (Å²) in [6.07, 6.45) is 2.33. The molecular formula is C47H34O2. The standard InChI is InChI=1S/C47H34O2/c1-29-14-10-11-19-35(29)37-21-13-12-20-36(37)30(2)22-34-24-41-43-25-42-40-23-31(3)38(32-15-6-4-7-16-32)26-44(40)48-46(42)28-47(43)49-45(41)27-39(34)33-17-8-5-9-18-33/h4-28H,1-3H3. The molecule has 0 saturated heterocycles. The Hall–Kier alpha value is -6.12. The van der Waals surface area contributed by atoms with Gasteiger partial charge in [-0.3, -0.25) is 0 Å². The van der Waals surface area contributed by atoms with Gasteiger partial charge in [-0.25, -0.2) is 0 Å². The van der Waals surface area contributed by atoms with Crippen LogP contribution in [-0.2, 0) is 0 Å². The summed E-state index contributed by atoms with van der Waals surface area (Å²) >= 11 is 0. The monoisotopic (exact) mass is 630 g/mol. The average Bonchev–Trinajstić information content (AvgIpc) is 3.66. The third kappa shape index (κ3) is 4.96. The summed E-state index contributed by atoms with van der Waals surface area (Å²) in [5.74, 6) is 0. The van der Waals surface area contributed by atoms with Gasteiger partial charge in [0.25, 0.3) is 0 Å². The first-order valence-corrected chi connectivity index (χ1v) is 16.8. The van der Waals surface area contributed by atoms with Crippen molar-refractivity contribution in [3.05, 3.63) is 168 Å². The fourth-order valence-corrected chi connectivity index (χ4v) is 7.43. The largest absolute Gasteiger partial charge is 0.456 e. The topological polar surface area (TPSA) is 26.3 Å². The molecule has 2 heterocycles. The van der Waals surface area contributed by atoms with Crippen LogP contribution in [0, 0.1) is 13.8 Å². The number of hydrogen-bond donors (Lipinski definition) is 0. The predicted molar refractivity (Wildman–Crippen MR) is 207 cm³/mol. The van der Waals surface area contributed by atoms with Gasteiger partial charge < -0.3 is 8.83 Å². The van der Waals surface area contributed by atoms with Gasteiger partial charge in [-0.05, 0) is 112 Å². The van der Waals surface area contributed by atoms with Gasteiger partial charge in [0.15, 0.2) is 0 Å². The highest BCUT2D eigenvalue weighted by Crippen LogP contribution is 2.42. The number of benzene rings is 7. The van der Waals surface area contributed by atoms with Crippen LogP contribution in [0.2, 0.25) is 0 Å². The third-order valence-corrected chi connectivity index (χ3v) is 9.91. The highest BCUT2D eigenvalue weighted by Gasteiger charge is 2.18. The van der Waals surface area contributed by atoms with E-state index in [1.54, 1.807) is 0 Å². The van der Waals surface area contributed by atoms with Crippen LogP contribution in [0.15, 0.2) is 154 Å². The molecule has 49 heavy (non-hydrogen) atoms. The molecule has 2 aromatic heterocycles. The first-order valence-electron chi connectivity index (χ1n) is 16.8. The van der Waals surface area contributed by atoms with Crippen molar-refractivity contribution >= 4 is 55.5 Å². The second-order valence-electron chi connectivity index (χ2n) is 13.1. The summed E-state index contributed by atoms with van der Waals surface area (Å²) < 4.78 is 13.1. The summed E-state index contributed by atoms with van der Waals surface area (Å²) in [6, 6.07) is 51.7. The van der Waals surface area contributed by atoms with E-state index in [9.17, 15) is 0 Å². The van der Waals surface area contributed by atoms with Crippen LogP contribution in [0.25, 0.3) is 88.9 Å². The fourth-order valence-electron chi connectivity index (χ4n) is 7.43. The van der Waals surface area contributed by atoms with Crippen molar-refractivity contribution in [3.63, 3.8) is 0 Å². The molecule has 9 aromatic rings. The van der Waals surface area contributed by atoms with Crippen molar-refractivity contribution in [1.82, 2.24) is 0 Å². The summed E-state index contributed by atoms with van der Waals surface area (Å²) in [6.45, 7) is 6.58. The Bertz CT molecular complexity index is 2720. The Morgan fingerprint density at radius 3 is 1.61 bits per heavy atom. The van der Waals surface area contributed by atoms with E-state index in [4.69, 9.17) is 8.83 Å². The van der Waals surface area contributed by atoms with Crippen LogP contribution in [0.5, 0.6) is 0 Å². The lowest BCUT2D eigenvalue weighted by Crippen LogP contribution is -1.90. The lowest BCUT2D eigenvalue weighted by molar-refractivity contribution is 0.656.